The number of ketones is 1. The molecule has 0 aromatic heterocycles. The van der Waals surface area contributed by atoms with Crippen LogP contribution in [-0.4, -0.2) is 41.3 Å². The highest BCUT2D eigenvalue weighted by molar-refractivity contribution is 7.75. The Morgan fingerprint density at radius 3 is 1.88 bits per heavy atom. The molecule has 1 aliphatic carbocycles. The number of ether oxygens (including phenoxy) is 1. The van der Waals surface area contributed by atoms with Gasteiger partial charge in [-0.25, -0.2) is 4.79 Å². The van der Waals surface area contributed by atoms with E-state index >= 15 is 0 Å². The van der Waals surface area contributed by atoms with Gasteiger partial charge in [-0.1, -0.05) is 84.9 Å². The summed E-state index contributed by atoms with van der Waals surface area (Å²) < 4.78 is 5.90. The molecular formula is C34H28N2O3P+. The Hall–Kier alpha value is -4.52. The zero-order valence-electron chi connectivity index (χ0n) is 21.9. The molecule has 4 aromatic rings. The lowest BCUT2D eigenvalue weighted by Gasteiger charge is -2.23. The van der Waals surface area contributed by atoms with Gasteiger partial charge >= 0.3 is 6.09 Å². The Bertz CT molecular complexity index is 1560. The van der Waals surface area contributed by atoms with Gasteiger partial charge in [-0.3, -0.25) is 9.69 Å². The minimum Gasteiger partial charge on any atom is -0.448 e. The van der Waals surface area contributed by atoms with Crippen molar-refractivity contribution >= 4 is 35.3 Å². The van der Waals surface area contributed by atoms with Crippen molar-refractivity contribution in [2.24, 2.45) is 0 Å². The average Bonchev–Trinajstić information content (AvgIpc) is 3.63. The molecule has 0 radical (unpaired) electrons. The maximum absolute atomic E-state index is 14.0. The van der Waals surface area contributed by atoms with Crippen molar-refractivity contribution in [3.63, 3.8) is 0 Å². The fourth-order valence-corrected chi connectivity index (χ4v) is 8.09. The summed E-state index contributed by atoms with van der Waals surface area (Å²) in [5, 5.41) is 12.3. The number of hydrogen-bond donors (Lipinski definition) is 0. The molecule has 0 unspecified atom stereocenters. The summed E-state index contributed by atoms with van der Waals surface area (Å²) in [6.07, 6.45) is 0.702. The van der Waals surface area contributed by atoms with E-state index in [4.69, 9.17) is 4.74 Å². The molecule has 40 heavy (non-hydrogen) atoms. The van der Waals surface area contributed by atoms with Crippen LogP contribution in [0, 0.1) is 11.3 Å². The van der Waals surface area contributed by atoms with E-state index in [9.17, 15) is 14.9 Å². The van der Waals surface area contributed by atoms with Crippen LogP contribution in [0.3, 0.4) is 0 Å². The van der Waals surface area contributed by atoms with Gasteiger partial charge in [0, 0.05) is 12.5 Å². The number of Topliss-reactive ketones (excluding diaryl/α,β-unsaturated/α-hetero) is 1. The topological polar surface area (TPSA) is 70.4 Å². The summed E-state index contributed by atoms with van der Waals surface area (Å²) in [4.78, 5) is 28.9. The molecule has 1 aliphatic heterocycles. The van der Waals surface area contributed by atoms with E-state index in [0.717, 1.165) is 32.9 Å². The summed E-state index contributed by atoms with van der Waals surface area (Å²) in [7, 11) is -1.35. The van der Waals surface area contributed by atoms with Crippen LogP contribution in [0.5, 0.6) is 0 Å². The summed E-state index contributed by atoms with van der Waals surface area (Å²) in [5.41, 5.74) is 4.61. The summed E-state index contributed by atoms with van der Waals surface area (Å²) in [6.45, 7) is 0.625. The highest BCUT2D eigenvalue weighted by Crippen LogP contribution is 2.44. The van der Waals surface area contributed by atoms with Crippen LogP contribution in [0.4, 0.5) is 4.79 Å². The monoisotopic (exact) mass is 543 g/mol. The number of benzene rings is 4. The van der Waals surface area contributed by atoms with Crippen molar-refractivity contribution in [1.29, 1.82) is 5.26 Å². The highest BCUT2D eigenvalue weighted by atomic mass is 31.1. The maximum atomic E-state index is 14.0. The largest absolute Gasteiger partial charge is 0.448 e. The van der Waals surface area contributed by atoms with E-state index in [1.165, 1.54) is 4.90 Å². The molecule has 1 atom stereocenters. The molecule has 2 aliphatic rings. The van der Waals surface area contributed by atoms with Crippen molar-refractivity contribution in [1.82, 2.24) is 4.90 Å². The third kappa shape index (κ3) is 4.72. The minimum atomic E-state index is -1.35. The Morgan fingerprint density at radius 1 is 0.800 bits per heavy atom. The summed E-state index contributed by atoms with van der Waals surface area (Å²) >= 11 is 0. The molecule has 6 heteroatoms. The molecule has 196 valence electrons. The third-order valence-corrected chi connectivity index (χ3v) is 10.1. The van der Waals surface area contributed by atoms with E-state index in [-0.39, 0.29) is 23.6 Å². The number of carbonyl (C=O) groups excluding carboxylic acids is 2. The number of amides is 1. The first-order chi connectivity index (χ1) is 19.7. The summed E-state index contributed by atoms with van der Waals surface area (Å²) in [5.74, 6) is -0.342. The molecular weight excluding hydrogens is 515 g/mol. The Morgan fingerprint density at radius 2 is 1.32 bits per heavy atom. The molecule has 4 aromatic carbocycles. The second-order valence-electron chi connectivity index (χ2n) is 9.99. The van der Waals surface area contributed by atoms with Gasteiger partial charge in [0.2, 0.25) is 5.78 Å². The summed E-state index contributed by atoms with van der Waals surface area (Å²) in [6, 6.07) is 37.3. The SMILES string of the molecule is N#CC(C(=O)[C@@H]1CCCN1C(=O)OCC1c2ccccc2-c2ccccc21)=[P+](c1ccccc1)c1ccccc1. The van der Waals surface area contributed by atoms with Gasteiger partial charge in [-0.05, 0) is 59.4 Å². The van der Waals surface area contributed by atoms with Crippen LogP contribution in [-0.2, 0) is 9.53 Å². The third-order valence-electron chi connectivity index (χ3n) is 7.72. The van der Waals surface area contributed by atoms with Crippen molar-refractivity contribution in [3.05, 3.63) is 120 Å². The van der Waals surface area contributed by atoms with Crippen LogP contribution in [0.2, 0.25) is 0 Å². The maximum Gasteiger partial charge on any atom is 0.410 e. The quantitative estimate of drug-likeness (QED) is 0.289. The Kier molecular flexibility index (Phi) is 7.27. The molecule has 0 N–H and O–H groups in total. The predicted molar refractivity (Wildman–Crippen MR) is 159 cm³/mol. The number of carbonyl (C=O) groups is 2. The van der Waals surface area contributed by atoms with Crippen LogP contribution in [0.25, 0.3) is 11.1 Å². The first-order valence-electron chi connectivity index (χ1n) is 13.5. The van der Waals surface area contributed by atoms with Gasteiger partial charge in [-0.15, -0.1) is 0 Å². The van der Waals surface area contributed by atoms with Crippen molar-refractivity contribution in [2.45, 2.75) is 24.8 Å². The Labute approximate surface area is 235 Å². The standard InChI is InChI=1S/C34H28N2O3P/c35-22-32(40(24-12-3-1-4-13-24)25-14-5-2-6-15-25)33(37)31-20-11-21-36(31)34(38)39-23-30-28-18-9-7-16-26(28)27-17-8-10-19-29(27)30/h1-10,12-19,30-31H,11,20-21,23H2/q+1/t31-/m0/s1. The molecule has 1 amide bonds. The normalized spacial score (nSPS) is 15.6. The van der Waals surface area contributed by atoms with Crippen molar-refractivity contribution in [3.8, 4) is 17.2 Å². The zero-order chi connectivity index (χ0) is 27.5. The molecule has 1 fully saturated rings. The number of fused-ring (bicyclic) bond motifs is 3. The Balaban J connectivity index is 1.26. The molecule has 1 heterocycles. The van der Waals surface area contributed by atoms with E-state index in [1.807, 2.05) is 84.9 Å². The lowest BCUT2D eigenvalue weighted by atomic mass is 9.98. The van der Waals surface area contributed by atoms with Gasteiger partial charge in [0.25, 0.3) is 5.29 Å². The first-order valence-corrected chi connectivity index (χ1v) is 14.8. The van der Waals surface area contributed by atoms with E-state index in [1.54, 1.807) is 0 Å². The van der Waals surface area contributed by atoms with Gasteiger partial charge in [0.1, 0.15) is 12.6 Å². The number of nitrogens with zero attached hydrogens (tertiary/aromatic N) is 2. The zero-order valence-corrected chi connectivity index (χ0v) is 22.8. The van der Waals surface area contributed by atoms with Crippen molar-refractivity contribution < 1.29 is 14.3 Å². The fraction of sp³-hybridized carbons (Fsp3) is 0.176. The van der Waals surface area contributed by atoms with Crippen LogP contribution >= 0.6 is 7.55 Å². The second-order valence-corrected chi connectivity index (χ2v) is 12.1. The van der Waals surface area contributed by atoms with Gasteiger partial charge < -0.3 is 4.74 Å². The lowest BCUT2D eigenvalue weighted by Crippen LogP contribution is -2.44. The van der Waals surface area contributed by atoms with E-state index in [2.05, 4.69) is 30.3 Å². The van der Waals surface area contributed by atoms with Gasteiger partial charge in [0.05, 0.1) is 0 Å². The molecule has 1 saturated heterocycles. The smallest absolute Gasteiger partial charge is 0.410 e. The van der Waals surface area contributed by atoms with Gasteiger partial charge in [-0.2, -0.15) is 5.26 Å². The first kappa shape index (κ1) is 25.7. The highest BCUT2D eigenvalue weighted by Gasteiger charge is 2.42. The molecule has 0 spiro atoms. The van der Waals surface area contributed by atoms with Gasteiger partial charge in [0.15, 0.2) is 24.2 Å². The molecule has 5 nitrogen and oxygen atoms in total. The van der Waals surface area contributed by atoms with E-state index in [0.29, 0.717) is 19.4 Å². The molecule has 0 saturated carbocycles. The number of hydrogen-bond acceptors (Lipinski definition) is 4. The van der Waals surface area contributed by atoms with Crippen molar-refractivity contribution in [2.75, 3.05) is 13.2 Å². The fourth-order valence-electron chi connectivity index (χ4n) is 5.87. The minimum absolute atomic E-state index is 0.0571. The number of likely N-dealkylation sites (tertiary alicyclic amines) is 1. The number of rotatable bonds is 6. The molecule has 6 rings (SSSR count). The second kappa shape index (κ2) is 11.3. The van der Waals surface area contributed by atoms with Crippen LogP contribution in [0.1, 0.15) is 29.9 Å². The lowest BCUT2D eigenvalue weighted by molar-refractivity contribution is -0.116. The van der Waals surface area contributed by atoms with Crippen LogP contribution in [0.15, 0.2) is 109 Å². The average molecular weight is 544 g/mol. The van der Waals surface area contributed by atoms with E-state index < -0.39 is 19.7 Å². The van der Waals surface area contributed by atoms with Crippen LogP contribution < -0.4 is 10.6 Å². The number of nitriles is 1. The predicted octanol–water partition coefficient (Wildman–Crippen LogP) is 5.80. The molecule has 0 bridgehead atoms.